The number of rotatable bonds is 5. The van der Waals surface area contributed by atoms with Gasteiger partial charge in [0, 0.05) is 37.5 Å². The molecule has 1 fully saturated rings. The molecule has 0 spiro atoms. The molecule has 2 unspecified atom stereocenters. The number of nitrogens with one attached hydrogen (secondary N) is 1. The first-order valence-electron chi connectivity index (χ1n) is 8.31. The molecule has 2 rings (SSSR count). The molecule has 0 amide bonds. The van der Waals surface area contributed by atoms with E-state index in [1.807, 2.05) is 6.92 Å². The van der Waals surface area contributed by atoms with Crippen molar-refractivity contribution in [1.29, 1.82) is 0 Å². The van der Waals surface area contributed by atoms with E-state index in [4.69, 9.17) is 4.74 Å². The van der Waals surface area contributed by atoms with Gasteiger partial charge >= 0.3 is 5.97 Å². The van der Waals surface area contributed by atoms with Crippen LogP contribution in [0.3, 0.4) is 0 Å². The summed E-state index contributed by atoms with van der Waals surface area (Å²) in [5, 5.41) is 5.56. The van der Waals surface area contributed by atoms with Crippen molar-refractivity contribution < 1.29 is 9.53 Å². The number of carbonyl (C=O) groups is 1. The molecule has 1 aromatic heterocycles. The van der Waals surface area contributed by atoms with Crippen LogP contribution in [0.1, 0.15) is 37.5 Å². The van der Waals surface area contributed by atoms with Gasteiger partial charge in [-0.3, -0.25) is 9.79 Å². The van der Waals surface area contributed by atoms with Gasteiger partial charge in [-0.15, -0.1) is 35.3 Å². The van der Waals surface area contributed by atoms with Crippen LogP contribution in [0.4, 0.5) is 0 Å². The Morgan fingerprint density at radius 1 is 1.58 bits per heavy atom. The molecule has 0 saturated carbocycles. The standard InChI is InChI=1S/C17H27N3O2S.HI/c1-4-22-16(21)14-7-5-9-20(12-14)17(18-3)19-11-13(2)15-8-6-10-23-15;/h6,8,10,13-14H,4-5,7,9,11-12H2,1-3H3,(H,18,19);1H. The van der Waals surface area contributed by atoms with Crippen LogP contribution in [0.15, 0.2) is 22.5 Å². The fourth-order valence-electron chi connectivity index (χ4n) is 2.87. The minimum absolute atomic E-state index is 0. The van der Waals surface area contributed by atoms with Gasteiger partial charge in [-0.25, -0.2) is 0 Å². The quantitative estimate of drug-likeness (QED) is 0.314. The Balaban J connectivity index is 0.00000288. The zero-order valence-corrected chi connectivity index (χ0v) is 17.8. The molecular weight excluding hydrogens is 437 g/mol. The summed E-state index contributed by atoms with van der Waals surface area (Å²) in [4.78, 5) is 19.9. The Hall–Kier alpha value is -0.830. The van der Waals surface area contributed by atoms with Crippen LogP contribution >= 0.6 is 35.3 Å². The van der Waals surface area contributed by atoms with Gasteiger partial charge in [0.2, 0.25) is 0 Å². The van der Waals surface area contributed by atoms with Crippen molar-refractivity contribution in [2.24, 2.45) is 10.9 Å². The van der Waals surface area contributed by atoms with Gasteiger partial charge < -0.3 is 15.0 Å². The number of nitrogens with zero attached hydrogens (tertiary/aromatic N) is 2. The number of hydrogen-bond donors (Lipinski definition) is 1. The van der Waals surface area contributed by atoms with Crippen LogP contribution in [-0.4, -0.2) is 50.1 Å². The highest BCUT2D eigenvalue weighted by atomic mass is 127. The average Bonchev–Trinajstić information content (AvgIpc) is 3.10. The van der Waals surface area contributed by atoms with E-state index in [0.717, 1.165) is 31.9 Å². The van der Waals surface area contributed by atoms with E-state index in [2.05, 4.69) is 39.6 Å². The Kier molecular flexibility index (Phi) is 9.65. The summed E-state index contributed by atoms with van der Waals surface area (Å²) >= 11 is 1.78. The Morgan fingerprint density at radius 2 is 2.38 bits per heavy atom. The first kappa shape index (κ1) is 21.2. The molecule has 0 radical (unpaired) electrons. The summed E-state index contributed by atoms with van der Waals surface area (Å²) in [6.45, 7) is 6.97. The van der Waals surface area contributed by atoms with Crippen molar-refractivity contribution >= 4 is 47.2 Å². The number of ether oxygens (including phenoxy) is 1. The number of esters is 1. The van der Waals surface area contributed by atoms with E-state index in [-0.39, 0.29) is 35.9 Å². The largest absolute Gasteiger partial charge is 0.466 e. The summed E-state index contributed by atoms with van der Waals surface area (Å²) in [6.07, 6.45) is 1.89. The average molecular weight is 465 g/mol. The smallest absolute Gasteiger partial charge is 0.310 e. The number of aliphatic imine (C=N–C) groups is 1. The van der Waals surface area contributed by atoms with Crippen molar-refractivity contribution in [2.75, 3.05) is 33.3 Å². The van der Waals surface area contributed by atoms with E-state index >= 15 is 0 Å². The van der Waals surface area contributed by atoms with E-state index < -0.39 is 0 Å². The summed E-state index contributed by atoms with van der Waals surface area (Å²) in [5.74, 6) is 1.19. The molecule has 1 saturated heterocycles. The van der Waals surface area contributed by atoms with Crippen LogP contribution in [0.2, 0.25) is 0 Å². The van der Waals surface area contributed by atoms with E-state index in [1.54, 1.807) is 18.4 Å². The lowest BCUT2D eigenvalue weighted by Gasteiger charge is -2.34. The summed E-state index contributed by atoms with van der Waals surface area (Å²) in [5.41, 5.74) is 0. The van der Waals surface area contributed by atoms with Gasteiger partial charge in [-0.05, 0) is 31.2 Å². The molecule has 5 nitrogen and oxygen atoms in total. The van der Waals surface area contributed by atoms with Gasteiger partial charge in [0.15, 0.2) is 5.96 Å². The molecule has 2 heterocycles. The van der Waals surface area contributed by atoms with Crippen LogP contribution in [0.25, 0.3) is 0 Å². The monoisotopic (exact) mass is 465 g/mol. The Bertz CT molecular complexity index is 522. The van der Waals surface area contributed by atoms with E-state index in [1.165, 1.54) is 4.88 Å². The van der Waals surface area contributed by atoms with Crippen LogP contribution in [0, 0.1) is 5.92 Å². The minimum atomic E-state index is -0.0837. The van der Waals surface area contributed by atoms with Crippen molar-refractivity contribution in [3.05, 3.63) is 22.4 Å². The van der Waals surface area contributed by atoms with Gasteiger partial charge in [-0.2, -0.15) is 0 Å². The Morgan fingerprint density at radius 3 is 3.00 bits per heavy atom. The number of piperidine rings is 1. The summed E-state index contributed by atoms with van der Waals surface area (Å²) < 4.78 is 5.17. The number of carbonyl (C=O) groups excluding carboxylic acids is 1. The van der Waals surface area contributed by atoms with Crippen molar-refractivity contribution in [3.8, 4) is 0 Å². The molecule has 0 aromatic carbocycles. The first-order chi connectivity index (χ1) is 11.2. The topological polar surface area (TPSA) is 53.9 Å². The SMILES string of the molecule is CCOC(=O)C1CCCN(C(=NC)NCC(C)c2cccs2)C1.I. The first-order valence-corrected chi connectivity index (χ1v) is 9.19. The second kappa shape index (κ2) is 10.9. The molecule has 2 atom stereocenters. The van der Waals surface area contributed by atoms with E-state index in [9.17, 15) is 4.79 Å². The fraction of sp³-hybridized carbons (Fsp3) is 0.647. The third kappa shape index (κ3) is 5.91. The Labute approximate surface area is 165 Å². The van der Waals surface area contributed by atoms with Crippen molar-refractivity contribution in [2.45, 2.75) is 32.6 Å². The molecule has 1 N–H and O–H groups in total. The molecule has 0 bridgehead atoms. The number of halogens is 1. The summed E-state index contributed by atoms with van der Waals surface area (Å²) in [6, 6.07) is 4.25. The van der Waals surface area contributed by atoms with Crippen molar-refractivity contribution in [3.63, 3.8) is 0 Å². The third-order valence-corrected chi connectivity index (χ3v) is 5.25. The maximum absolute atomic E-state index is 12.0. The predicted octanol–water partition coefficient (Wildman–Crippen LogP) is 3.32. The lowest BCUT2D eigenvalue weighted by Crippen LogP contribution is -2.48. The minimum Gasteiger partial charge on any atom is -0.466 e. The highest BCUT2D eigenvalue weighted by molar-refractivity contribution is 14.0. The fourth-order valence-corrected chi connectivity index (χ4v) is 3.66. The zero-order chi connectivity index (χ0) is 16.7. The lowest BCUT2D eigenvalue weighted by atomic mass is 9.98. The van der Waals surface area contributed by atoms with Crippen LogP contribution in [-0.2, 0) is 9.53 Å². The van der Waals surface area contributed by atoms with Crippen LogP contribution < -0.4 is 5.32 Å². The number of thiophene rings is 1. The maximum atomic E-state index is 12.0. The second-order valence-electron chi connectivity index (χ2n) is 5.88. The lowest BCUT2D eigenvalue weighted by molar-refractivity contribution is -0.149. The molecule has 7 heteroatoms. The molecular formula is C17H28IN3O2S. The highest BCUT2D eigenvalue weighted by Crippen LogP contribution is 2.21. The molecule has 136 valence electrons. The normalized spacial score (nSPS) is 19.4. The molecule has 0 aliphatic carbocycles. The molecule has 1 aliphatic heterocycles. The highest BCUT2D eigenvalue weighted by Gasteiger charge is 2.28. The number of guanidine groups is 1. The van der Waals surface area contributed by atoms with Gasteiger partial charge in [0.25, 0.3) is 0 Å². The van der Waals surface area contributed by atoms with Gasteiger partial charge in [0.05, 0.1) is 12.5 Å². The maximum Gasteiger partial charge on any atom is 0.310 e. The van der Waals surface area contributed by atoms with Crippen LogP contribution in [0.5, 0.6) is 0 Å². The number of likely N-dealkylation sites (tertiary alicyclic amines) is 1. The predicted molar refractivity (Wildman–Crippen MR) is 110 cm³/mol. The third-order valence-electron chi connectivity index (χ3n) is 4.15. The molecule has 1 aliphatic rings. The summed E-state index contributed by atoms with van der Waals surface area (Å²) in [7, 11) is 1.80. The molecule has 1 aromatic rings. The van der Waals surface area contributed by atoms with Gasteiger partial charge in [0.1, 0.15) is 0 Å². The van der Waals surface area contributed by atoms with Crippen molar-refractivity contribution in [1.82, 2.24) is 10.2 Å². The van der Waals surface area contributed by atoms with Gasteiger partial charge in [-0.1, -0.05) is 13.0 Å². The zero-order valence-electron chi connectivity index (χ0n) is 14.7. The number of hydrogen-bond acceptors (Lipinski definition) is 4. The molecule has 24 heavy (non-hydrogen) atoms. The second-order valence-corrected chi connectivity index (χ2v) is 6.86. The van der Waals surface area contributed by atoms with E-state index in [0.29, 0.717) is 19.1 Å².